The van der Waals surface area contributed by atoms with Crippen molar-refractivity contribution in [3.8, 4) is 11.5 Å². The standard InChI is InChI=1S/C20H34N4O3/c1-6-21-20(23-14-12-19(25)24(4)5)22-13-11-16-9-10-17(26-7-2)18(15-16)27-8-3/h9-10,15H,6-8,11-14H2,1-5H3,(H2,21,22,23). The number of ether oxygens (including phenoxy) is 2. The van der Waals surface area contributed by atoms with Gasteiger partial charge in [-0.3, -0.25) is 9.79 Å². The Morgan fingerprint density at radius 2 is 1.78 bits per heavy atom. The van der Waals surface area contributed by atoms with Gasteiger partial charge in [-0.25, -0.2) is 0 Å². The van der Waals surface area contributed by atoms with E-state index in [0.717, 1.165) is 42.5 Å². The fourth-order valence-corrected chi connectivity index (χ4v) is 2.40. The summed E-state index contributed by atoms with van der Waals surface area (Å²) in [5.41, 5.74) is 1.16. The van der Waals surface area contributed by atoms with E-state index in [0.29, 0.717) is 26.2 Å². The largest absolute Gasteiger partial charge is 0.490 e. The summed E-state index contributed by atoms with van der Waals surface area (Å²) in [6.07, 6.45) is 1.23. The zero-order valence-corrected chi connectivity index (χ0v) is 17.3. The Morgan fingerprint density at radius 1 is 1.07 bits per heavy atom. The minimum Gasteiger partial charge on any atom is -0.490 e. The average molecular weight is 379 g/mol. The molecule has 0 heterocycles. The Kier molecular flexibility index (Phi) is 10.7. The summed E-state index contributed by atoms with van der Waals surface area (Å²) in [7, 11) is 3.51. The normalized spacial score (nSPS) is 11.1. The monoisotopic (exact) mass is 378 g/mol. The molecule has 0 atom stereocenters. The molecule has 7 nitrogen and oxygen atoms in total. The Hall–Kier alpha value is -2.44. The fraction of sp³-hybridized carbons (Fsp3) is 0.600. The zero-order valence-electron chi connectivity index (χ0n) is 17.3. The van der Waals surface area contributed by atoms with Crippen molar-refractivity contribution in [1.82, 2.24) is 15.5 Å². The number of nitrogens with zero attached hydrogens (tertiary/aromatic N) is 2. The predicted molar refractivity (Wildman–Crippen MR) is 110 cm³/mol. The van der Waals surface area contributed by atoms with Crippen molar-refractivity contribution < 1.29 is 14.3 Å². The van der Waals surface area contributed by atoms with Crippen LogP contribution in [0.1, 0.15) is 32.8 Å². The van der Waals surface area contributed by atoms with E-state index >= 15 is 0 Å². The van der Waals surface area contributed by atoms with E-state index in [1.54, 1.807) is 19.0 Å². The second-order valence-corrected chi connectivity index (χ2v) is 6.12. The van der Waals surface area contributed by atoms with Gasteiger partial charge in [-0.1, -0.05) is 6.07 Å². The third kappa shape index (κ3) is 8.66. The summed E-state index contributed by atoms with van der Waals surface area (Å²) in [4.78, 5) is 17.7. The van der Waals surface area contributed by atoms with Crippen LogP contribution in [-0.2, 0) is 11.2 Å². The molecular weight excluding hydrogens is 344 g/mol. The van der Waals surface area contributed by atoms with Gasteiger partial charge in [0.15, 0.2) is 17.5 Å². The van der Waals surface area contributed by atoms with E-state index in [-0.39, 0.29) is 5.91 Å². The Morgan fingerprint density at radius 3 is 2.41 bits per heavy atom. The van der Waals surface area contributed by atoms with Crippen LogP contribution in [0.15, 0.2) is 23.2 Å². The second-order valence-electron chi connectivity index (χ2n) is 6.12. The number of hydrogen-bond donors (Lipinski definition) is 2. The SMILES string of the molecule is CCNC(=NCCC(=O)N(C)C)NCCc1ccc(OCC)c(OCC)c1. The van der Waals surface area contributed by atoms with Gasteiger partial charge in [-0.2, -0.15) is 0 Å². The molecule has 0 aromatic heterocycles. The molecule has 0 saturated carbocycles. The zero-order chi connectivity index (χ0) is 20.1. The molecule has 1 aromatic carbocycles. The summed E-state index contributed by atoms with van der Waals surface area (Å²) >= 11 is 0. The molecule has 0 aliphatic rings. The molecule has 2 N–H and O–H groups in total. The molecule has 152 valence electrons. The third-order valence-electron chi connectivity index (χ3n) is 3.75. The molecule has 27 heavy (non-hydrogen) atoms. The van der Waals surface area contributed by atoms with Gasteiger partial charge in [-0.15, -0.1) is 0 Å². The van der Waals surface area contributed by atoms with Crippen LogP contribution in [0.5, 0.6) is 11.5 Å². The number of nitrogens with one attached hydrogen (secondary N) is 2. The maximum Gasteiger partial charge on any atom is 0.223 e. The highest BCUT2D eigenvalue weighted by Gasteiger charge is 2.07. The molecular formula is C20H34N4O3. The molecule has 0 spiro atoms. The van der Waals surface area contributed by atoms with Gasteiger partial charge < -0.3 is 25.0 Å². The van der Waals surface area contributed by atoms with Gasteiger partial charge >= 0.3 is 0 Å². The topological polar surface area (TPSA) is 75.2 Å². The lowest BCUT2D eigenvalue weighted by Crippen LogP contribution is -2.38. The lowest BCUT2D eigenvalue weighted by Gasteiger charge is -2.14. The lowest BCUT2D eigenvalue weighted by molar-refractivity contribution is -0.128. The molecule has 0 bridgehead atoms. The average Bonchev–Trinajstić information content (AvgIpc) is 2.64. The maximum atomic E-state index is 11.6. The van der Waals surface area contributed by atoms with Crippen molar-refractivity contribution in [3.05, 3.63) is 23.8 Å². The summed E-state index contributed by atoms with van der Waals surface area (Å²) in [6, 6.07) is 6.03. The van der Waals surface area contributed by atoms with Gasteiger partial charge in [0.1, 0.15) is 0 Å². The van der Waals surface area contributed by atoms with Crippen LogP contribution in [0.2, 0.25) is 0 Å². The molecule has 0 aliphatic carbocycles. The van der Waals surface area contributed by atoms with E-state index in [4.69, 9.17) is 9.47 Å². The van der Waals surface area contributed by atoms with E-state index < -0.39 is 0 Å². The second kappa shape index (κ2) is 12.8. The summed E-state index contributed by atoms with van der Waals surface area (Å²) in [6.45, 7) is 9.11. The molecule has 1 aromatic rings. The quantitative estimate of drug-likeness (QED) is 0.455. The number of guanidine groups is 1. The number of rotatable bonds is 11. The van der Waals surface area contributed by atoms with Crippen molar-refractivity contribution in [2.75, 3.05) is 46.9 Å². The molecule has 1 rings (SSSR count). The van der Waals surface area contributed by atoms with E-state index in [1.807, 2.05) is 32.9 Å². The molecule has 7 heteroatoms. The van der Waals surface area contributed by atoms with Gasteiger partial charge in [0.25, 0.3) is 0 Å². The number of carbonyl (C=O) groups is 1. The summed E-state index contributed by atoms with van der Waals surface area (Å²) in [5.74, 6) is 2.35. The number of amides is 1. The fourth-order valence-electron chi connectivity index (χ4n) is 2.40. The first kappa shape index (κ1) is 22.6. The summed E-state index contributed by atoms with van der Waals surface area (Å²) < 4.78 is 11.3. The van der Waals surface area contributed by atoms with Crippen LogP contribution in [0.4, 0.5) is 0 Å². The van der Waals surface area contributed by atoms with Crippen LogP contribution in [-0.4, -0.2) is 63.7 Å². The first-order chi connectivity index (χ1) is 13.0. The molecule has 0 saturated heterocycles. The third-order valence-corrected chi connectivity index (χ3v) is 3.75. The number of benzene rings is 1. The van der Waals surface area contributed by atoms with Crippen molar-refractivity contribution in [2.45, 2.75) is 33.6 Å². The van der Waals surface area contributed by atoms with Crippen LogP contribution in [0.25, 0.3) is 0 Å². The maximum absolute atomic E-state index is 11.6. The highest BCUT2D eigenvalue weighted by atomic mass is 16.5. The first-order valence-corrected chi connectivity index (χ1v) is 9.62. The summed E-state index contributed by atoms with van der Waals surface area (Å²) in [5, 5.41) is 6.50. The van der Waals surface area contributed by atoms with E-state index in [9.17, 15) is 4.79 Å². The molecule has 0 aliphatic heterocycles. The lowest BCUT2D eigenvalue weighted by atomic mass is 10.1. The molecule has 0 fully saturated rings. The minimum absolute atomic E-state index is 0.0763. The van der Waals surface area contributed by atoms with Crippen LogP contribution < -0.4 is 20.1 Å². The number of hydrogen-bond acceptors (Lipinski definition) is 4. The Balaban J connectivity index is 2.59. The smallest absolute Gasteiger partial charge is 0.223 e. The van der Waals surface area contributed by atoms with Crippen LogP contribution in [0, 0.1) is 0 Å². The van der Waals surface area contributed by atoms with Crippen molar-refractivity contribution >= 4 is 11.9 Å². The first-order valence-electron chi connectivity index (χ1n) is 9.62. The highest BCUT2D eigenvalue weighted by molar-refractivity contribution is 5.80. The van der Waals surface area contributed by atoms with Gasteiger partial charge in [0.2, 0.25) is 5.91 Å². The Labute approximate surface area is 163 Å². The van der Waals surface area contributed by atoms with Crippen LogP contribution in [0.3, 0.4) is 0 Å². The predicted octanol–water partition coefficient (Wildman–Crippen LogP) is 2.06. The van der Waals surface area contributed by atoms with E-state index in [2.05, 4.69) is 21.7 Å². The minimum atomic E-state index is 0.0763. The molecule has 1 amide bonds. The van der Waals surface area contributed by atoms with Crippen molar-refractivity contribution in [1.29, 1.82) is 0 Å². The molecule has 0 radical (unpaired) electrons. The van der Waals surface area contributed by atoms with Crippen LogP contribution >= 0.6 is 0 Å². The highest BCUT2D eigenvalue weighted by Crippen LogP contribution is 2.28. The van der Waals surface area contributed by atoms with Gasteiger partial charge in [0, 0.05) is 33.6 Å². The Bertz CT molecular complexity index is 603. The van der Waals surface area contributed by atoms with Gasteiger partial charge in [0.05, 0.1) is 19.8 Å². The number of carbonyl (C=O) groups excluding carboxylic acids is 1. The van der Waals surface area contributed by atoms with Crippen molar-refractivity contribution in [2.24, 2.45) is 4.99 Å². The number of aliphatic imine (C=N–C) groups is 1. The molecule has 0 unspecified atom stereocenters. The van der Waals surface area contributed by atoms with Gasteiger partial charge in [-0.05, 0) is 44.9 Å². The van der Waals surface area contributed by atoms with Crippen molar-refractivity contribution in [3.63, 3.8) is 0 Å². The van der Waals surface area contributed by atoms with E-state index in [1.165, 1.54) is 0 Å².